The Hall–Kier alpha value is -3.16. The van der Waals surface area contributed by atoms with Crippen LogP contribution in [0, 0.1) is 16.7 Å². The third-order valence-electron chi connectivity index (χ3n) is 6.98. The zero-order valence-electron chi connectivity index (χ0n) is 20.2. The molecule has 35 heavy (non-hydrogen) atoms. The van der Waals surface area contributed by atoms with Gasteiger partial charge in [-0.05, 0) is 62.4 Å². The van der Waals surface area contributed by atoms with Crippen molar-refractivity contribution in [3.8, 4) is 5.75 Å². The summed E-state index contributed by atoms with van der Waals surface area (Å²) in [4.78, 5) is 2.54. The lowest BCUT2D eigenvalue weighted by molar-refractivity contribution is 0.0915. The Morgan fingerprint density at radius 2 is 2.03 bits per heavy atom. The normalized spacial score (nSPS) is 20.8. The van der Waals surface area contributed by atoms with Crippen molar-refractivity contribution in [1.29, 1.82) is 10.8 Å². The van der Waals surface area contributed by atoms with Gasteiger partial charge in [-0.3, -0.25) is 10.8 Å². The first-order valence-corrected chi connectivity index (χ1v) is 12.5. The fourth-order valence-electron chi connectivity index (χ4n) is 5.16. The van der Waals surface area contributed by atoms with Crippen LogP contribution in [0.15, 0.2) is 64.1 Å². The van der Waals surface area contributed by atoms with Gasteiger partial charge in [-0.15, -0.1) is 0 Å². The molecule has 1 aliphatic carbocycles. The van der Waals surface area contributed by atoms with Crippen molar-refractivity contribution in [2.75, 3.05) is 32.8 Å². The summed E-state index contributed by atoms with van der Waals surface area (Å²) in [6.07, 6.45) is 13.5. The number of likely N-dealkylation sites (tertiary alicyclic amines) is 1. The largest absolute Gasteiger partial charge is 0.493 e. The molecule has 1 aromatic heterocycles. The Morgan fingerprint density at radius 1 is 1.17 bits per heavy atom. The van der Waals surface area contributed by atoms with Crippen LogP contribution in [0.4, 0.5) is 0 Å². The van der Waals surface area contributed by atoms with Crippen molar-refractivity contribution in [1.82, 2.24) is 4.90 Å². The Labute approximate surface area is 206 Å². The van der Waals surface area contributed by atoms with Crippen LogP contribution in [0.5, 0.6) is 5.75 Å². The van der Waals surface area contributed by atoms with Crippen molar-refractivity contribution < 1.29 is 18.6 Å². The van der Waals surface area contributed by atoms with E-state index in [-0.39, 0.29) is 23.7 Å². The number of nitrogens with one attached hydrogen (secondary N) is 2. The number of nitrogens with zero attached hydrogens (tertiary/aromatic N) is 1. The zero-order chi connectivity index (χ0) is 24.2. The molecule has 0 bridgehead atoms. The van der Waals surface area contributed by atoms with Crippen LogP contribution in [-0.2, 0) is 9.47 Å². The van der Waals surface area contributed by atoms with Gasteiger partial charge in [0.25, 0.3) is 5.90 Å². The zero-order valence-corrected chi connectivity index (χ0v) is 20.2. The number of benzene rings is 1. The SMILES string of the molecule is CC(=N)OC(=N)c1cc2c(OCCCN3CCC(C4=CC=C5C=CCOC5C4)CC3)cccc2o1. The Morgan fingerprint density at radius 3 is 2.86 bits per heavy atom. The molecule has 0 spiro atoms. The van der Waals surface area contributed by atoms with E-state index >= 15 is 0 Å². The van der Waals surface area contributed by atoms with Gasteiger partial charge in [-0.25, -0.2) is 0 Å². The van der Waals surface area contributed by atoms with Crippen LogP contribution in [0.25, 0.3) is 11.0 Å². The van der Waals surface area contributed by atoms with E-state index in [0.717, 1.165) is 50.2 Å². The fraction of sp³-hybridized carbons (Fsp3) is 0.429. The number of piperidine rings is 1. The summed E-state index contributed by atoms with van der Waals surface area (Å²) in [5.74, 6) is 1.48. The van der Waals surface area contributed by atoms with Gasteiger partial charge in [0.2, 0.25) is 0 Å². The van der Waals surface area contributed by atoms with E-state index in [2.05, 4.69) is 29.2 Å². The molecular formula is C28H33N3O4. The van der Waals surface area contributed by atoms with Crippen LogP contribution in [0.1, 0.15) is 38.4 Å². The van der Waals surface area contributed by atoms with Gasteiger partial charge >= 0.3 is 0 Å². The number of allylic oxidation sites excluding steroid dienone is 2. The molecule has 1 unspecified atom stereocenters. The highest BCUT2D eigenvalue weighted by Gasteiger charge is 2.27. The molecule has 0 radical (unpaired) electrons. The summed E-state index contributed by atoms with van der Waals surface area (Å²) in [7, 11) is 0. The molecule has 1 aromatic carbocycles. The highest BCUT2D eigenvalue weighted by atomic mass is 16.5. The van der Waals surface area contributed by atoms with Crippen LogP contribution in [0.2, 0.25) is 0 Å². The van der Waals surface area contributed by atoms with Crippen molar-refractivity contribution in [2.45, 2.75) is 38.7 Å². The Kier molecular flexibility index (Phi) is 7.16. The van der Waals surface area contributed by atoms with Gasteiger partial charge in [0, 0.05) is 19.5 Å². The van der Waals surface area contributed by atoms with E-state index in [1.54, 1.807) is 11.6 Å². The van der Waals surface area contributed by atoms with E-state index in [1.165, 1.54) is 25.3 Å². The van der Waals surface area contributed by atoms with Crippen molar-refractivity contribution in [3.05, 3.63) is 65.5 Å². The standard InChI is InChI=1S/C28H33N3O4/c1-19(29)34-28(30)27-18-23-24(6-2-7-25(23)35-27)32-16-4-12-31-13-10-20(11-14-31)22-9-8-21-5-3-15-33-26(21)17-22/h2-3,5-9,18,20,26,29-30H,4,10-17H2,1H3. The lowest BCUT2D eigenvalue weighted by atomic mass is 9.82. The fourth-order valence-corrected chi connectivity index (χ4v) is 5.16. The highest BCUT2D eigenvalue weighted by molar-refractivity contribution is 6.00. The van der Waals surface area contributed by atoms with Gasteiger partial charge in [-0.1, -0.05) is 35.9 Å². The maximum absolute atomic E-state index is 7.95. The second-order valence-electron chi connectivity index (χ2n) is 9.42. The molecule has 1 fully saturated rings. The quantitative estimate of drug-likeness (QED) is 0.315. The van der Waals surface area contributed by atoms with Gasteiger partial charge < -0.3 is 23.5 Å². The summed E-state index contributed by atoms with van der Waals surface area (Å²) in [5, 5.41) is 16.2. The van der Waals surface area contributed by atoms with E-state index in [0.29, 0.717) is 18.1 Å². The average Bonchev–Trinajstić information content (AvgIpc) is 3.32. The van der Waals surface area contributed by atoms with E-state index < -0.39 is 0 Å². The van der Waals surface area contributed by atoms with Crippen molar-refractivity contribution in [3.63, 3.8) is 0 Å². The van der Waals surface area contributed by atoms with Crippen molar-refractivity contribution in [2.24, 2.45) is 5.92 Å². The number of furan rings is 1. The Bertz CT molecular complexity index is 1180. The molecule has 3 heterocycles. The summed E-state index contributed by atoms with van der Waals surface area (Å²) in [5.41, 5.74) is 3.51. The van der Waals surface area contributed by atoms with E-state index in [1.807, 2.05) is 18.2 Å². The monoisotopic (exact) mass is 475 g/mol. The third-order valence-corrected chi connectivity index (χ3v) is 6.98. The molecule has 7 heteroatoms. The van der Waals surface area contributed by atoms with Gasteiger partial charge in [-0.2, -0.15) is 0 Å². The van der Waals surface area contributed by atoms with Crippen LogP contribution in [0.3, 0.4) is 0 Å². The molecule has 184 valence electrons. The first kappa shape index (κ1) is 23.6. The third kappa shape index (κ3) is 5.57. The molecule has 5 rings (SSSR count). The molecule has 1 saturated heterocycles. The van der Waals surface area contributed by atoms with E-state index in [9.17, 15) is 0 Å². The maximum atomic E-state index is 7.95. The molecule has 0 saturated carbocycles. The molecule has 7 nitrogen and oxygen atoms in total. The summed E-state index contributed by atoms with van der Waals surface area (Å²) < 4.78 is 22.8. The summed E-state index contributed by atoms with van der Waals surface area (Å²) >= 11 is 0. The lowest BCUT2D eigenvalue weighted by Gasteiger charge is -2.35. The van der Waals surface area contributed by atoms with Gasteiger partial charge in [0.15, 0.2) is 11.7 Å². The predicted octanol–water partition coefficient (Wildman–Crippen LogP) is 5.46. The molecule has 3 aliphatic rings. The van der Waals surface area contributed by atoms with Gasteiger partial charge in [0.1, 0.15) is 11.3 Å². The topological polar surface area (TPSA) is 91.8 Å². The molecule has 1 atom stereocenters. The second kappa shape index (κ2) is 10.6. The average molecular weight is 476 g/mol. The number of ether oxygens (including phenoxy) is 3. The van der Waals surface area contributed by atoms with E-state index in [4.69, 9.17) is 29.4 Å². The van der Waals surface area contributed by atoms with Crippen LogP contribution >= 0.6 is 0 Å². The smallest absolute Gasteiger partial charge is 0.256 e. The number of hydrogen-bond acceptors (Lipinski definition) is 7. The van der Waals surface area contributed by atoms with Crippen LogP contribution < -0.4 is 4.74 Å². The minimum atomic E-state index is -0.174. The molecular weight excluding hydrogens is 442 g/mol. The minimum Gasteiger partial charge on any atom is -0.493 e. The molecule has 0 amide bonds. The summed E-state index contributed by atoms with van der Waals surface area (Å²) in [6.45, 7) is 6.11. The highest BCUT2D eigenvalue weighted by Crippen LogP contribution is 2.34. The number of hydrogen-bond donors (Lipinski definition) is 2. The Balaban J connectivity index is 1.08. The predicted molar refractivity (Wildman–Crippen MR) is 136 cm³/mol. The van der Waals surface area contributed by atoms with Crippen molar-refractivity contribution >= 4 is 22.8 Å². The van der Waals surface area contributed by atoms with Crippen LogP contribution in [-0.4, -0.2) is 55.6 Å². The number of fused-ring (bicyclic) bond motifs is 2. The first-order valence-electron chi connectivity index (χ1n) is 12.5. The second-order valence-corrected chi connectivity index (χ2v) is 9.42. The van der Waals surface area contributed by atoms with Gasteiger partial charge in [0.05, 0.1) is 24.7 Å². The summed E-state index contributed by atoms with van der Waals surface area (Å²) in [6, 6.07) is 7.39. The lowest BCUT2D eigenvalue weighted by Crippen LogP contribution is -2.36. The molecule has 2 aromatic rings. The molecule has 2 N–H and O–H groups in total. The maximum Gasteiger partial charge on any atom is 0.256 e. The first-order chi connectivity index (χ1) is 17.1. The molecule has 2 aliphatic heterocycles. The number of rotatable bonds is 7. The minimum absolute atomic E-state index is 0.0481.